The standard InChI is InChI=1S/C28H38N6O2S/c1-21-6-5-9-25(30-21)32-16-18-33(19-17-32)27(35)24-20-37-26(31-24)23-11-14-34(15-12-23)28(36)29-13-10-22-7-3-2-4-8-22/h5-7,9,20,23H,2-4,8,10-19H2,1H3,(H,29,36). The molecule has 198 valence electrons. The first kappa shape index (κ1) is 25.7. The molecule has 3 aliphatic rings. The number of likely N-dealkylation sites (tertiary alicyclic amines) is 1. The van der Waals surface area contributed by atoms with Crippen molar-refractivity contribution in [3.05, 3.63) is 51.6 Å². The van der Waals surface area contributed by atoms with Crippen LogP contribution in [0.4, 0.5) is 10.6 Å². The molecular formula is C28H38N6O2S. The Balaban J connectivity index is 1.06. The van der Waals surface area contributed by atoms with Gasteiger partial charge in [0.25, 0.3) is 5.91 Å². The van der Waals surface area contributed by atoms with Crippen molar-refractivity contribution < 1.29 is 9.59 Å². The molecule has 5 rings (SSSR count). The largest absolute Gasteiger partial charge is 0.353 e. The first-order chi connectivity index (χ1) is 18.1. The van der Waals surface area contributed by atoms with E-state index in [2.05, 4.69) is 21.3 Å². The molecule has 2 saturated heterocycles. The van der Waals surface area contributed by atoms with Gasteiger partial charge in [0, 0.05) is 62.8 Å². The van der Waals surface area contributed by atoms with Gasteiger partial charge in [-0.25, -0.2) is 14.8 Å². The number of urea groups is 1. The molecule has 0 aromatic carbocycles. The summed E-state index contributed by atoms with van der Waals surface area (Å²) in [4.78, 5) is 41.1. The van der Waals surface area contributed by atoms with Gasteiger partial charge in [-0.15, -0.1) is 11.3 Å². The lowest BCUT2D eigenvalue weighted by Gasteiger charge is -2.35. The van der Waals surface area contributed by atoms with Crippen LogP contribution in [0, 0.1) is 6.92 Å². The molecule has 2 fully saturated rings. The molecule has 2 aromatic rings. The number of nitrogens with zero attached hydrogens (tertiary/aromatic N) is 5. The zero-order valence-corrected chi connectivity index (χ0v) is 22.6. The van der Waals surface area contributed by atoms with Crippen molar-refractivity contribution in [2.45, 2.75) is 57.8 Å². The number of pyridine rings is 1. The minimum Gasteiger partial charge on any atom is -0.353 e. The third-order valence-corrected chi connectivity index (χ3v) is 8.75. The summed E-state index contributed by atoms with van der Waals surface area (Å²) in [6.45, 7) is 7.08. The van der Waals surface area contributed by atoms with Crippen LogP contribution in [0.5, 0.6) is 0 Å². The van der Waals surface area contributed by atoms with E-state index in [1.165, 1.54) is 31.3 Å². The summed E-state index contributed by atoms with van der Waals surface area (Å²) in [5.41, 5.74) is 3.05. The van der Waals surface area contributed by atoms with Crippen LogP contribution in [0.3, 0.4) is 0 Å². The lowest BCUT2D eigenvalue weighted by molar-refractivity contribution is 0.0741. The Kier molecular flexibility index (Phi) is 8.38. The van der Waals surface area contributed by atoms with E-state index in [0.29, 0.717) is 24.7 Å². The highest BCUT2D eigenvalue weighted by Crippen LogP contribution is 2.31. The summed E-state index contributed by atoms with van der Waals surface area (Å²) in [5, 5.41) is 6.03. The maximum absolute atomic E-state index is 13.1. The number of amides is 3. The van der Waals surface area contributed by atoms with Crippen molar-refractivity contribution >= 4 is 29.1 Å². The summed E-state index contributed by atoms with van der Waals surface area (Å²) in [6, 6.07) is 6.10. The lowest BCUT2D eigenvalue weighted by Crippen LogP contribution is -2.49. The molecule has 9 heteroatoms. The predicted molar refractivity (Wildman–Crippen MR) is 147 cm³/mol. The van der Waals surface area contributed by atoms with Crippen molar-refractivity contribution in [2.75, 3.05) is 50.7 Å². The van der Waals surface area contributed by atoms with Crippen LogP contribution < -0.4 is 10.2 Å². The third-order valence-electron chi connectivity index (χ3n) is 7.74. The van der Waals surface area contributed by atoms with Crippen LogP contribution in [0.2, 0.25) is 0 Å². The summed E-state index contributed by atoms with van der Waals surface area (Å²) < 4.78 is 0. The van der Waals surface area contributed by atoms with E-state index >= 15 is 0 Å². The monoisotopic (exact) mass is 522 g/mol. The zero-order valence-electron chi connectivity index (χ0n) is 21.8. The van der Waals surface area contributed by atoms with E-state index in [1.807, 2.05) is 40.3 Å². The van der Waals surface area contributed by atoms with Crippen LogP contribution in [-0.4, -0.2) is 77.5 Å². The molecule has 0 saturated carbocycles. The fraction of sp³-hybridized carbons (Fsp3) is 0.571. The number of piperazine rings is 1. The fourth-order valence-corrected chi connectivity index (χ4v) is 6.45. The van der Waals surface area contributed by atoms with E-state index in [1.54, 1.807) is 11.3 Å². The topological polar surface area (TPSA) is 81.7 Å². The van der Waals surface area contributed by atoms with Gasteiger partial charge in [0.2, 0.25) is 0 Å². The van der Waals surface area contributed by atoms with Crippen molar-refractivity contribution in [3.63, 3.8) is 0 Å². The lowest BCUT2D eigenvalue weighted by atomic mass is 9.97. The van der Waals surface area contributed by atoms with Gasteiger partial charge in [-0.2, -0.15) is 0 Å². The first-order valence-electron chi connectivity index (χ1n) is 13.7. The van der Waals surface area contributed by atoms with Gasteiger partial charge >= 0.3 is 6.03 Å². The minimum absolute atomic E-state index is 0.0178. The molecule has 8 nitrogen and oxygen atoms in total. The molecule has 1 N–H and O–H groups in total. The molecule has 0 bridgehead atoms. The average Bonchev–Trinajstić information content (AvgIpc) is 3.44. The number of carbonyl (C=O) groups is 2. The maximum atomic E-state index is 13.1. The fourth-order valence-electron chi connectivity index (χ4n) is 5.48. The van der Waals surface area contributed by atoms with Crippen LogP contribution in [0.25, 0.3) is 0 Å². The van der Waals surface area contributed by atoms with Crippen molar-refractivity contribution in [3.8, 4) is 0 Å². The normalized spacial score (nSPS) is 19.1. The average molecular weight is 523 g/mol. The van der Waals surface area contributed by atoms with Crippen molar-refractivity contribution in [1.29, 1.82) is 0 Å². The molecule has 0 radical (unpaired) electrons. The number of nitrogens with one attached hydrogen (secondary N) is 1. The molecule has 4 heterocycles. The molecule has 2 aromatic heterocycles. The molecule has 2 aliphatic heterocycles. The van der Waals surface area contributed by atoms with Crippen LogP contribution >= 0.6 is 11.3 Å². The number of piperidine rings is 1. The Bertz CT molecular complexity index is 1120. The van der Waals surface area contributed by atoms with E-state index in [-0.39, 0.29) is 11.9 Å². The number of hydrogen-bond acceptors (Lipinski definition) is 6. The van der Waals surface area contributed by atoms with E-state index in [9.17, 15) is 9.59 Å². The minimum atomic E-state index is 0.0178. The zero-order chi connectivity index (χ0) is 25.6. The van der Waals surface area contributed by atoms with Crippen LogP contribution in [-0.2, 0) is 0 Å². The second kappa shape index (κ2) is 12.1. The molecule has 3 amide bonds. The van der Waals surface area contributed by atoms with Gasteiger partial charge in [-0.05, 0) is 64.0 Å². The molecule has 0 atom stereocenters. The highest BCUT2D eigenvalue weighted by Gasteiger charge is 2.28. The number of thiazole rings is 1. The van der Waals surface area contributed by atoms with Gasteiger partial charge in [0.05, 0.1) is 5.01 Å². The van der Waals surface area contributed by atoms with Crippen molar-refractivity contribution in [1.82, 2.24) is 25.1 Å². The third kappa shape index (κ3) is 6.50. The van der Waals surface area contributed by atoms with E-state index in [4.69, 9.17) is 4.98 Å². The first-order valence-corrected chi connectivity index (χ1v) is 14.6. The Labute approximate surface area is 223 Å². The Morgan fingerprint density at radius 1 is 1.03 bits per heavy atom. The summed E-state index contributed by atoms with van der Waals surface area (Å²) >= 11 is 1.58. The molecule has 37 heavy (non-hydrogen) atoms. The highest BCUT2D eigenvalue weighted by molar-refractivity contribution is 7.09. The van der Waals surface area contributed by atoms with Gasteiger partial charge in [-0.1, -0.05) is 17.7 Å². The number of rotatable bonds is 6. The predicted octanol–water partition coefficient (Wildman–Crippen LogP) is 4.59. The van der Waals surface area contributed by atoms with Crippen molar-refractivity contribution in [2.24, 2.45) is 0 Å². The Morgan fingerprint density at radius 3 is 2.57 bits per heavy atom. The number of aromatic nitrogens is 2. The second-order valence-corrected chi connectivity index (χ2v) is 11.2. The molecule has 0 spiro atoms. The highest BCUT2D eigenvalue weighted by atomic mass is 32.1. The number of allylic oxidation sites excluding steroid dienone is 1. The smallest absolute Gasteiger partial charge is 0.317 e. The van der Waals surface area contributed by atoms with Gasteiger partial charge in [0.1, 0.15) is 11.5 Å². The molecule has 1 aliphatic carbocycles. The number of carbonyl (C=O) groups excluding carboxylic acids is 2. The van der Waals surface area contributed by atoms with Crippen LogP contribution in [0.15, 0.2) is 35.2 Å². The second-order valence-electron chi connectivity index (χ2n) is 10.3. The Hall–Kier alpha value is -2.94. The van der Waals surface area contributed by atoms with E-state index in [0.717, 1.165) is 68.5 Å². The molecular weight excluding hydrogens is 484 g/mol. The van der Waals surface area contributed by atoms with E-state index < -0.39 is 0 Å². The number of hydrogen-bond donors (Lipinski definition) is 1. The molecule has 0 unspecified atom stereocenters. The Morgan fingerprint density at radius 2 is 1.84 bits per heavy atom. The van der Waals surface area contributed by atoms with Gasteiger partial charge in [0.15, 0.2) is 0 Å². The maximum Gasteiger partial charge on any atom is 0.317 e. The summed E-state index contributed by atoms with van der Waals surface area (Å²) in [7, 11) is 0. The quantitative estimate of drug-likeness (QED) is 0.562. The van der Waals surface area contributed by atoms with Gasteiger partial charge in [-0.3, -0.25) is 4.79 Å². The van der Waals surface area contributed by atoms with Crippen LogP contribution in [0.1, 0.15) is 72.1 Å². The SMILES string of the molecule is Cc1cccc(N2CCN(C(=O)c3csc(C4CCN(C(=O)NCCC5=CCCCC5)CC4)n3)CC2)n1. The summed E-state index contributed by atoms with van der Waals surface area (Å²) in [6.07, 6.45) is 10.0. The van der Waals surface area contributed by atoms with Gasteiger partial charge < -0.3 is 20.0 Å². The summed E-state index contributed by atoms with van der Waals surface area (Å²) in [5.74, 6) is 1.31. The number of anilines is 1. The number of aryl methyl sites for hydroxylation is 1.